The van der Waals surface area contributed by atoms with Crippen LogP contribution in [0, 0.1) is 0 Å². The van der Waals surface area contributed by atoms with Crippen LogP contribution >= 0.6 is 11.8 Å². The van der Waals surface area contributed by atoms with Gasteiger partial charge in [-0.15, -0.1) is 11.8 Å². The highest BCUT2D eigenvalue weighted by Gasteiger charge is 2.35. The first-order chi connectivity index (χ1) is 9.24. The Morgan fingerprint density at radius 2 is 1.95 bits per heavy atom. The number of nitrogens with one attached hydrogen (secondary N) is 2. The summed E-state index contributed by atoms with van der Waals surface area (Å²) in [4.78, 5) is 12.9. The number of hydrogen-bond acceptors (Lipinski definition) is 3. The number of hydrogen-bond donors (Lipinski definition) is 2. The summed E-state index contributed by atoms with van der Waals surface area (Å²) in [5.41, 5.74) is 0. The van der Waals surface area contributed by atoms with E-state index < -0.39 is 0 Å². The molecule has 1 aliphatic carbocycles. The van der Waals surface area contributed by atoms with Gasteiger partial charge in [-0.2, -0.15) is 0 Å². The maximum atomic E-state index is 11.6. The highest BCUT2D eigenvalue weighted by Crippen LogP contribution is 2.44. The Balaban J connectivity index is 1.96. The highest BCUT2D eigenvalue weighted by atomic mass is 32.2. The summed E-state index contributed by atoms with van der Waals surface area (Å²) >= 11 is 1.92. The molecule has 0 aliphatic heterocycles. The van der Waals surface area contributed by atoms with Crippen LogP contribution in [0.1, 0.15) is 25.7 Å². The van der Waals surface area contributed by atoms with E-state index in [2.05, 4.69) is 34.9 Å². The first-order valence-electron chi connectivity index (χ1n) is 6.89. The summed E-state index contributed by atoms with van der Waals surface area (Å²) in [6.07, 6.45) is 4.91. The van der Waals surface area contributed by atoms with E-state index in [1.165, 1.54) is 30.6 Å². The van der Waals surface area contributed by atoms with Gasteiger partial charge in [0.25, 0.3) is 0 Å². The molecule has 4 heteroatoms. The zero-order chi connectivity index (χ0) is 13.6. The van der Waals surface area contributed by atoms with Crippen LogP contribution in [-0.2, 0) is 4.79 Å². The maximum Gasteiger partial charge on any atom is 0.233 e. The lowest BCUT2D eigenvalue weighted by atomic mass is 10.1. The van der Waals surface area contributed by atoms with Crippen LogP contribution in [0.2, 0.25) is 0 Å². The molecule has 1 amide bonds. The fourth-order valence-corrected chi connectivity index (χ4v) is 3.99. The van der Waals surface area contributed by atoms with Crippen molar-refractivity contribution in [3.05, 3.63) is 30.3 Å². The zero-order valence-corrected chi connectivity index (χ0v) is 12.3. The molecule has 1 fully saturated rings. The van der Waals surface area contributed by atoms with E-state index in [-0.39, 0.29) is 10.7 Å². The van der Waals surface area contributed by atoms with Crippen LogP contribution < -0.4 is 10.6 Å². The minimum Gasteiger partial charge on any atom is -0.354 e. The Kier molecular flexibility index (Phi) is 5.28. The second kappa shape index (κ2) is 6.96. The lowest BCUT2D eigenvalue weighted by Crippen LogP contribution is -2.41. The number of thioether (sulfide) groups is 1. The van der Waals surface area contributed by atoms with Gasteiger partial charge in [-0.25, -0.2) is 0 Å². The average Bonchev–Trinajstić information content (AvgIpc) is 2.87. The zero-order valence-electron chi connectivity index (χ0n) is 11.4. The van der Waals surface area contributed by atoms with E-state index >= 15 is 0 Å². The second-order valence-electron chi connectivity index (χ2n) is 5.11. The molecule has 19 heavy (non-hydrogen) atoms. The molecule has 0 spiro atoms. The van der Waals surface area contributed by atoms with Crippen molar-refractivity contribution in [2.75, 3.05) is 20.1 Å². The molecule has 0 heterocycles. The van der Waals surface area contributed by atoms with E-state index in [0.29, 0.717) is 6.54 Å². The van der Waals surface area contributed by atoms with Gasteiger partial charge in [-0.05, 0) is 32.0 Å². The number of benzene rings is 1. The normalized spacial score (nSPS) is 17.3. The number of rotatable bonds is 6. The summed E-state index contributed by atoms with van der Waals surface area (Å²) in [6, 6.07) is 10.5. The summed E-state index contributed by atoms with van der Waals surface area (Å²) in [5, 5.41) is 5.95. The quantitative estimate of drug-likeness (QED) is 0.839. The third-order valence-corrected chi connectivity index (χ3v) is 5.03. The molecule has 2 N–H and O–H groups in total. The molecule has 3 nitrogen and oxygen atoms in total. The molecule has 104 valence electrons. The molecular formula is C15H22N2OS. The molecular weight excluding hydrogens is 256 g/mol. The van der Waals surface area contributed by atoms with Crippen molar-refractivity contribution in [3.63, 3.8) is 0 Å². The summed E-state index contributed by atoms with van der Waals surface area (Å²) in [6.45, 7) is 1.17. The molecule has 1 aromatic rings. The van der Waals surface area contributed by atoms with Crippen LogP contribution in [0.3, 0.4) is 0 Å². The van der Waals surface area contributed by atoms with Crippen molar-refractivity contribution in [2.45, 2.75) is 35.3 Å². The van der Waals surface area contributed by atoms with Gasteiger partial charge in [0.15, 0.2) is 0 Å². The highest BCUT2D eigenvalue weighted by molar-refractivity contribution is 8.00. The number of amides is 1. The largest absolute Gasteiger partial charge is 0.354 e. The van der Waals surface area contributed by atoms with Crippen LogP contribution in [-0.4, -0.2) is 30.8 Å². The predicted octanol–water partition coefficient (Wildman–Crippen LogP) is 2.43. The van der Waals surface area contributed by atoms with Crippen molar-refractivity contribution >= 4 is 17.7 Å². The number of likely N-dealkylation sites (N-methyl/N-ethyl adjacent to an activating group) is 1. The lowest BCUT2D eigenvalue weighted by molar-refractivity contribution is -0.120. The summed E-state index contributed by atoms with van der Waals surface area (Å²) < 4.78 is 0.185. The SMILES string of the molecule is CNCC(=O)NCC1(Sc2ccccc2)CCCC1. The summed E-state index contributed by atoms with van der Waals surface area (Å²) in [5.74, 6) is 0.0856. The Labute approximate surface area is 119 Å². The van der Waals surface area contributed by atoms with Crippen molar-refractivity contribution < 1.29 is 4.79 Å². The van der Waals surface area contributed by atoms with Crippen LogP contribution in [0.4, 0.5) is 0 Å². The van der Waals surface area contributed by atoms with Crippen molar-refractivity contribution in [1.82, 2.24) is 10.6 Å². The summed E-state index contributed by atoms with van der Waals surface area (Å²) in [7, 11) is 1.80. The Morgan fingerprint density at radius 3 is 2.58 bits per heavy atom. The van der Waals surface area contributed by atoms with Gasteiger partial charge >= 0.3 is 0 Å². The van der Waals surface area contributed by atoms with Gasteiger partial charge in [0.1, 0.15) is 0 Å². The molecule has 0 aromatic heterocycles. The van der Waals surface area contributed by atoms with Crippen LogP contribution in [0.15, 0.2) is 35.2 Å². The van der Waals surface area contributed by atoms with Crippen LogP contribution in [0.5, 0.6) is 0 Å². The average molecular weight is 278 g/mol. The topological polar surface area (TPSA) is 41.1 Å². The molecule has 0 radical (unpaired) electrons. The van der Waals surface area contributed by atoms with E-state index in [4.69, 9.17) is 0 Å². The fraction of sp³-hybridized carbons (Fsp3) is 0.533. The van der Waals surface area contributed by atoms with E-state index in [9.17, 15) is 4.79 Å². The van der Waals surface area contributed by atoms with E-state index in [1.54, 1.807) is 7.05 Å². The third kappa shape index (κ3) is 4.25. The smallest absolute Gasteiger partial charge is 0.233 e. The van der Waals surface area contributed by atoms with Crippen molar-refractivity contribution in [2.24, 2.45) is 0 Å². The monoisotopic (exact) mass is 278 g/mol. The molecule has 0 saturated heterocycles. The van der Waals surface area contributed by atoms with Gasteiger partial charge in [0.05, 0.1) is 6.54 Å². The Morgan fingerprint density at radius 1 is 1.26 bits per heavy atom. The maximum absolute atomic E-state index is 11.6. The van der Waals surface area contributed by atoms with Gasteiger partial charge < -0.3 is 10.6 Å². The molecule has 2 rings (SSSR count). The fourth-order valence-electron chi connectivity index (χ4n) is 2.56. The van der Waals surface area contributed by atoms with E-state index in [1.807, 2.05) is 17.8 Å². The molecule has 1 saturated carbocycles. The molecule has 0 unspecified atom stereocenters. The molecule has 0 bridgehead atoms. The second-order valence-corrected chi connectivity index (χ2v) is 6.65. The number of carbonyl (C=O) groups excluding carboxylic acids is 1. The van der Waals surface area contributed by atoms with Crippen molar-refractivity contribution in [1.29, 1.82) is 0 Å². The Hall–Kier alpha value is -1.00. The van der Waals surface area contributed by atoms with Crippen LogP contribution in [0.25, 0.3) is 0 Å². The van der Waals surface area contributed by atoms with Gasteiger partial charge in [-0.3, -0.25) is 4.79 Å². The minimum absolute atomic E-state index is 0.0856. The first kappa shape index (κ1) is 14.4. The molecule has 1 aromatic carbocycles. The van der Waals surface area contributed by atoms with E-state index in [0.717, 1.165) is 6.54 Å². The standard InChI is InChI=1S/C15H22N2OS/c1-16-11-14(18)17-12-15(9-5-6-10-15)19-13-7-3-2-4-8-13/h2-4,7-8,16H,5-6,9-12H2,1H3,(H,17,18). The van der Waals surface area contributed by atoms with Crippen molar-refractivity contribution in [3.8, 4) is 0 Å². The first-order valence-corrected chi connectivity index (χ1v) is 7.71. The Bertz CT molecular complexity index is 402. The minimum atomic E-state index is 0.0856. The third-order valence-electron chi connectivity index (χ3n) is 3.54. The lowest BCUT2D eigenvalue weighted by Gasteiger charge is -2.28. The van der Waals surface area contributed by atoms with Gasteiger partial charge in [0, 0.05) is 16.2 Å². The molecule has 1 aliphatic rings. The predicted molar refractivity (Wildman–Crippen MR) is 80.4 cm³/mol. The molecule has 0 atom stereocenters. The number of carbonyl (C=O) groups is 1. The van der Waals surface area contributed by atoms with Gasteiger partial charge in [-0.1, -0.05) is 31.0 Å². The van der Waals surface area contributed by atoms with Gasteiger partial charge in [0.2, 0.25) is 5.91 Å².